The average Bonchev–Trinajstić information content (AvgIpc) is 2.92. The lowest BCUT2D eigenvalue weighted by atomic mass is 9.88. The quantitative estimate of drug-likeness (QED) is 0.657. The summed E-state index contributed by atoms with van der Waals surface area (Å²) < 4.78 is 0. The zero-order chi connectivity index (χ0) is 10.6. The van der Waals surface area contributed by atoms with Gasteiger partial charge in [0.2, 0.25) is 0 Å². The molecule has 0 radical (unpaired) electrons. The molecule has 84 valence electrons. The first kappa shape index (κ1) is 12.0. The van der Waals surface area contributed by atoms with E-state index < -0.39 is 0 Å². The topological polar surface area (TPSA) is 12.0 Å². The van der Waals surface area contributed by atoms with Crippen molar-refractivity contribution in [2.24, 2.45) is 11.3 Å². The number of nitrogens with one attached hydrogen (secondary N) is 1. The first-order chi connectivity index (χ1) is 6.62. The van der Waals surface area contributed by atoms with Crippen LogP contribution in [-0.2, 0) is 0 Å². The van der Waals surface area contributed by atoms with E-state index in [0.717, 1.165) is 5.92 Å². The second kappa shape index (κ2) is 5.16. The summed E-state index contributed by atoms with van der Waals surface area (Å²) in [7, 11) is 0. The van der Waals surface area contributed by atoms with E-state index in [1.807, 2.05) is 0 Å². The van der Waals surface area contributed by atoms with Gasteiger partial charge in [0.1, 0.15) is 0 Å². The molecule has 0 aromatic rings. The second-order valence-electron chi connectivity index (χ2n) is 5.42. The summed E-state index contributed by atoms with van der Waals surface area (Å²) in [5.41, 5.74) is 0.695. The molecule has 0 heterocycles. The smallest absolute Gasteiger partial charge is 0.00106 e. The Morgan fingerprint density at radius 1 is 1.14 bits per heavy atom. The molecule has 0 aromatic heterocycles. The molecule has 0 unspecified atom stereocenters. The summed E-state index contributed by atoms with van der Waals surface area (Å²) in [6.45, 7) is 10.4. The summed E-state index contributed by atoms with van der Waals surface area (Å²) >= 11 is 0. The molecule has 0 aromatic carbocycles. The highest BCUT2D eigenvalue weighted by Crippen LogP contribution is 2.51. The lowest BCUT2D eigenvalue weighted by Gasteiger charge is -2.22. The molecule has 1 aliphatic rings. The van der Waals surface area contributed by atoms with Crippen molar-refractivity contribution in [3.8, 4) is 0 Å². The van der Waals surface area contributed by atoms with Gasteiger partial charge in [-0.3, -0.25) is 0 Å². The Kier molecular flexibility index (Phi) is 4.43. The minimum Gasteiger partial charge on any atom is -0.314 e. The number of hydrogen-bond acceptors (Lipinski definition) is 1. The number of hydrogen-bond donors (Lipinski definition) is 1. The molecule has 14 heavy (non-hydrogen) atoms. The van der Waals surface area contributed by atoms with E-state index in [2.05, 4.69) is 33.0 Å². The van der Waals surface area contributed by atoms with E-state index in [1.165, 1.54) is 38.6 Å². The normalized spacial score (nSPS) is 19.3. The Hall–Kier alpha value is -0.0400. The van der Waals surface area contributed by atoms with Gasteiger partial charge >= 0.3 is 0 Å². The molecular weight excluding hydrogens is 170 g/mol. The second-order valence-corrected chi connectivity index (χ2v) is 5.42. The lowest BCUT2D eigenvalue weighted by molar-refractivity contribution is 0.315. The molecule has 0 spiro atoms. The molecule has 0 bridgehead atoms. The zero-order valence-corrected chi connectivity index (χ0v) is 10.4. The Labute approximate surface area is 89.7 Å². The van der Waals surface area contributed by atoms with E-state index >= 15 is 0 Å². The molecule has 0 amide bonds. The average molecular weight is 197 g/mol. The molecule has 1 nitrogen and oxygen atoms in total. The van der Waals surface area contributed by atoms with Crippen LogP contribution < -0.4 is 5.32 Å². The fourth-order valence-corrected chi connectivity index (χ4v) is 2.24. The van der Waals surface area contributed by atoms with Crippen LogP contribution in [0.4, 0.5) is 0 Å². The Morgan fingerprint density at radius 2 is 1.71 bits per heavy atom. The van der Waals surface area contributed by atoms with E-state index in [9.17, 15) is 0 Å². The summed E-state index contributed by atoms with van der Waals surface area (Å²) in [6, 6.07) is 0.647. The summed E-state index contributed by atoms with van der Waals surface area (Å²) in [6.07, 6.45) is 7.10. The van der Waals surface area contributed by atoms with E-state index in [-0.39, 0.29) is 0 Å². The summed E-state index contributed by atoms with van der Waals surface area (Å²) in [4.78, 5) is 0. The van der Waals surface area contributed by atoms with Gasteiger partial charge in [-0.25, -0.2) is 0 Å². The Morgan fingerprint density at radius 3 is 2.07 bits per heavy atom. The fraction of sp³-hybridized carbons (Fsp3) is 1.00. The van der Waals surface area contributed by atoms with Crippen LogP contribution in [0.2, 0.25) is 0 Å². The molecule has 0 aliphatic heterocycles. The zero-order valence-electron chi connectivity index (χ0n) is 10.4. The molecule has 1 rings (SSSR count). The molecule has 1 fully saturated rings. The van der Waals surface area contributed by atoms with Crippen molar-refractivity contribution in [1.82, 2.24) is 5.32 Å². The first-order valence-electron chi connectivity index (χ1n) is 6.35. The van der Waals surface area contributed by atoms with Crippen LogP contribution in [0.5, 0.6) is 0 Å². The number of rotatable bonds is 7. The van der Waals surface area contributed by atoms with Crippen LogP contribution in [0, 0.1) is 11.3 Å². The van der Waals surface area contributed by atoms with Crippen LogP contribution in [0.3, 0.4) is 0 Å². The highest BCUT2D eigenvalue weighted by molar-refractivity contribution is 4.96. The minimum absolute atomic E-state index is 0.647. The van der Waals surface area contributed by atoms with Gasteiger partial charge in [0, 0.05) is 12.6 Å². The van der Waals surface area contributed by atoms with Crippen LogP contribution >= 0.6 is 0 Å². The van der Waals surface area contributed by atoms with Gasteiger partial charge in [-0.2, -0.15) is 0 Å². The van der Waals surface area contributed by atoms with Crippen molar-refractivity contribution in [3.63, 3.8) is 0 Å². The third kappa shape index (κ3) is 3.61. The largest absolute Gasteiger partial charge is 0.314 e. The van der Waals surface area contributed by atoms with Crippen LogP contribution in [-0.4, -0.2) is 12.6 Å². The Balaban J connectivity index is 2.27. The van der Waals surface area contributed by atoms with Gasteiger partial charge in [-0.15, -0.1) is 0 Å². The fourth-order valence-electron chi connectivity index (χ4n) is 2.24. The first-order valence-corrected chi connectivity index (χ1v) is 6.35. The molecular formula is C13H27N. The third-order valence-electron chi connectivity index (χ3n) is 3.72. The van der Waals surface area contributed by atoms with Gasteiger partial charge in [0.05, 0.1) is 0 Å². The highest BCUT2D eigenvalue weighted by atomic mass is 14.9. The molecule has 1 aliphatic carbocycles. The monoisotopic (exact) mass is 197 g/mol. The van der Waals surface area contributed by atoms with Crippen molar-refractivity contribution in [3.05, 3.63) is 0 Å². The van der Waals surface area contributed by atoms with E-state index in [4.69, 9.17) is 0 Å². The van der Waals surface area contributed by atoms with Gasteiger partial charge < -0.3 is 5.32 Å². The standard InChI is InChI=1S/C13H27N/c1-5-12(6-2)9-13(7-8-13)10-14-11(3)4/h11-12,14H,5-10H2,1-4H3. The maximum atomic E-state index is 3.60. The van der Waals surface area contributed by atoms with Crippen LogP contribution in [0.25, 0.3) is 0 Å². The summed E-state index contributed by atoms with van der Waals surface area (Å²) in [5.74, 6) is 0.964. The van der Waals surface area contributed by atoms with Gasteiger partial charge in [-0.05, 0) is 30.6 Å². The molecule has 1 saturated carbocycles. The van der Waals surface area contributed by atoms with E-state index in [1.54, 1.807) is 0 Å². The highest BCUT2D eigenvalue weighted by Gasteiger charge is 2.42. The van der Waals surface area contributed by atoms with Crippen molar-refractivity contribution in [2.75, 3.05) is 6.54 Å². The third-order valence-corrected chi connectivity index (χ3v) is 3.72. The maximum Gasteiger partial charge on any atom is 0.00106 e. The van der Waals surface area contributed by atoms with Crippen LogP contribution in [0.15, 0.2) is 0 Å². The van der Waals surface area contributed by atoms with Crippen molar-refractivity contribution < 1.29 is 0 Å². The van der Waals surface area contributed by atoms with Gasteiger partial charge in [-0.1, -0.05) is 40.5 Å². The lowest BCUT2D eigenvalue weighted by Crippen LogP contribution is -2.30. The SMILES string of the molecule is CCC(CC)CC1(CNC(C)C)CC1. The van der Waals surface area contributed by atoms with Gasteiger partial charge in [0.15, 0.2) is 0 Å². The van der Waals surface area contributed by atoms with Crippen molar-refractivity contribution >= 4 is 0 Å². The van der Waals surface area contributed by atoms with Crippen molar-refractivity contribution in [2.45, 2.75) is 65.8 Å². The van der Waals surface area contributed by atoms with E-state index in [0.29, 0.717) is 11.5 Å². The molecule has 0 saturated heterocycles. The molecule has 1 heteroatoms. The molecule has 0 atom stereocenters. The van der Waals surface area contributed by atoms with Gasteiger partial charge in [0.25, 0.3) is 0 Å². The minimum atomic E-state index is 0.647. The van der Waals surface area contributed by atoms with Crippen molar-refractivity contribution in [1.29, 1.82) is 0 Å². The predicted molar refractivity (Wildman–Crippen MR) is 63.5 cm³/mol. The molecule has 1 N–H and O–H groups in total. The predicted octanol–water partition coefficient (Wildman–Crippen LogP) is 3.59. The maximum absolute atomic E-state index is 3.60. The Bertz CT molecular complexity index is 155. The summed E-state index contributed by atoms with van der Waals surface area (Å²) in [5, 5.41) is 3.60. The van der Waals surface area contributed by atoms with Crippen LogP contribution in [0.1, 0.15) is 59.8 Å².